The average Bonchev–Trinajstić information content (AvgIpc) is 1.97. The van der Waals surface area contributed by atoms with Crippen molar-refractivity contribution in [3.05, 3.63) is 26.7 Å². The summed E-state index contributed by atoms with van der Waals surface area (Å²) in [5, 5.41) is 9.98. The van der Waals surface area contributed by atoms with Crippen LogP contribution in [0.25, 0.3) is 0 Å². The monoisotopic (exact) mass is 234 g/mol. The lowest BCUT2D eigenvalue weighted by molar-refractivity contribution is 0.470. The molecule has 0 aromatic heterocycles. The van der Waals surface area contributed by atoms with Crippen LogP contribution in [-0.4, -0.2) is 5.11 Å². The van der Waals surface area contributed by atoms with E-state index in [9.17, 15) is 5.11 Å². The van der Waals surface area contributed by atoms with E-state index in [4.69, 9.17) is 11.6 Å². The zero-order valence-corrected chi connectivity index (χ0v) is 8.62. The van der Waals surface area contributed by atoms with Crippen molar-refractivity contribution in [2.45, 2.75) is 13.8 Å². The van der Waals surface area contributed by atoms with Gasteiger partial charge in [-0.05, 0) is 47.0 Å². The lowest BCUT2D eigenvalue weighted by Gasteiger charge is -2.06. The van der Waals surface area contributed by atoms with Gasteiger partial charge in [-0.15, -0.1) is 0 Å². The summed E-state index contributed by atoms with van der Waals surface area (Å²) >= 11 is 9.14. The Kier molecular flexibility index (Phi) is 2.45. The molecule has 60 valence electrons. The molecule has 3 heteroatoms. The van der Waals surface area contributed by atoms with E-state index < -0.39 is 0 Å². The maximum absolute atomic E-state index is 9.32. The highest BCUT2D eigenvalue weighted by atomic mass is 79.9. The molecule has 0 amide bonds. The number of benzene rings is 1. The minimum Gasteiger partial charge on any atom is -0.508 e. The van der Waals surface area contributed by atoms with Crippen LogP contribution in [0.4, 0.5) is 0 Å². The molecule has 0 atom stereocenters. The minimum atomic E-state index is 0.277. The fourth-order valence-electron chi connectivity index (χ4n) is 0.827. The van der Waals surface area contributed by atoms with Gasteiger partial charge in [0.25, 0.3) is 0 Å². The number of phenolic OH excluding ortho intramolecular Hbond substituents is 1. The number of phenols is 1. The summed E-state index contributed by atoms with van der Waals surface area (Å²) in [5.74, 6) is 0.277. The van der Waals surface area contributed by atoms with Gasteiger partial charge in [0.2, 0.25) is 0 Å². The first-order chi connectivity index (χ1) is 5.04. The highest BCUT2D eigenvalue weighted by molar-refractivity contribution is 9.10. The molecule has 0 fully saturated rings. The van der Waals surface area contributed by atoms with Gasteiger partial charge in [0.1, 0.15) is 5.75 Å². The van der Waals surface area contributed by atoms with Crippen LogP contribution in [0.1, 0.15) is 11.1 Å². The number of hydrogen-bond donors (Lipinski definition) is 1. The maximum Gasteiger partial charge on any atom is 0.119 e. The summed E-state index contributed by atoms with van der Waals surface area (Å²) in [6, 6.07) is 1.60. The zero-order valence-electron chi connectivity index (χ0n) is 6.28. The average molecular weight is 236 g/mol. The van der Waals surface area contributed by atoms with Crippen molar-refractivity contribution in [2.24, 2.45) is 0 Å². The van der Waals surface area contributed by atoms with Crippen molar-refractivity contribution in [1.82, 2.24) is 0 Å². The third-order valence-corrected chi connectivity index (χ3v) is 3.09. The van der Waals surface area contributed by atoms with E-state index in [0.717, 1.165) is 15.6 Å². The van der Waals surface area contributed by atoms with E-state index in [1.54, 1.807) is 6.07 Å². The van der Waals surface area contributed by atoms with E-state index in [2.05, 4.69) is 15.9 Å². The summed E-state index contributed by atoms with van der Waals surface area (Å²) in [6.45, 7) is 3.71. The van der Waals surface area contributed by atoms with Crippen LogP contribution < -0.4 is 0 Å². The molecule has 1 aromatic rings. The lowest BCUT2D eigenvalue weighted by Crippen LogP contribution is -1.84. The second-order valence-corrected chi connectivity index (χ2v) is 3.67. The Bertz CT molecular complexity index is 270. The first kappa shape index (κ1) is 8.88. The zero-order chi connectivity index (χ0) is 8.59. The molecule has 1 aromatic carbocycles. The Morgan fingerprint density at radius 2 is 1.91 bits per heavy atom. The predicted molar refractivity (Wildman–Crippen MR) is 50.3 cm³/mol. The summed E-state index contributed by atoms with van der Waals surface area (Å²) in [7, 11) is 0. The Morgan fingerprint density at radius 1 is 1.36 bits per heavy atom. The standard InChI is InChI=1S/C8H8BrClO/c1-4-5(2)8(10)6(9)3-7(4)11/h3,11H,1-2H3. The normalized spacial score (nSPS) is 10.2. The maximum atomic E-state index is 9.32. The molecule has 0 spiro atoms. The second kappa shape index (κ2) is 3.03. The summed E-state index contributed by atoms with van der Waals surface area (Å²) in [5.41, 5.74) is 1.75. The smallest absolute Gasteiger partial charge is 0.119 e. The van der Waals surface area contributed by atoms with Crippen molar-refractivity contribution >= 4 is 27.5 Å². The number of rotatable bonds is 0. The lowest BCUT2D eigenvalue weighted by atomic mass is 10.1. The molecule has 1 rings (SSSR count). The largest absolute Gasteiger partial charge is 0.508 e. The van der Waals surface area contributed by atoms with Gasteiger partial charge in [0, 0.05) is 4.47 Å². The first-order valence-electron chi connectivity index (χ1n) is 3.18. The van der Waals surface area contributed by atoms with Crippen LogP contribution in [0.2, 0.25) is 5.02 Å². The fraction of sp³-hybridized carbons (Fsp3) is 0.250. The fourth-order valence-corrected chi connectivity index (χ4v) is 1.54. The molecular formula is C8H8BrClO. The van der Waals surface area contributed by atoms with Crippen LogP contribution in [0.5, 0.6) is 5.75 Å². The van der Waals surface area contributed by atoms with Crippen LogP contribution in [0, 0.1) is 13.8 Å². The molecule has 11 heavy (non-hydrogen) atoms. The van der Waals surface area contributed by atoms with Gasteiger partial charge < -0.3 is 5.11 Å². The first-order valence-corrected chi connectivity index (χ1v) is 4.35. The SMILES string of the molecule is Cc1c(O)cc(Br)c(Cl)c1C. The number of halogens is 2. The van der Waals surface area contributed by atoms with Crippen molar-refractivity contribution in [2.75, 3.05) is 0 Å². The highest BCUT2D eigenvalue weighted by Gasteiger charge is 2.07. The molecule has 1 nitrogen and oxygen atoms in total. The van der Waals surface area contributed by atoms with E-state index in [-0.39, 0.29) is 5.75 Å². The number of aromatic hydroxyl groups is 1. The molecular weight excluding hydrogens is 227 g/mol. The Morgan fingerprint density at radius 3 is 2.45 bits per heavy atom. The summed E-state index contributed by atoms with van der Waals surface area (Å²) in [6.07, 6.45) is 0. The highest BCUT2D eigenvalue weighted by Crippen LogP contribution is 2.33. The van der Waals surface area contributed by atoms with Gasteiger partial charge in [-0.25, -0.2) is 0 Å². The number of hydrogen-bond acceptors (Lipinski definition) is 1. The van der Waals surface area contributed by atoms with Crippen LogP contribution >= 0.6 is 27.5 Å². The molecule has 1 N–H and O–H groups in total. The van der Waals surface area contributed by atoms with Crippen molar-refractivity contribution in [3.63, 3.8) is 0 Å². The molecule has 0 saturated carbocycles. The molecule has 0 bridgehead atoms. The molecule has 0 aliphatic rings. The third-order valence-electron chi connectivity index (χ3n) is 1.75. The van der Waals surface area contributed by atoms with Gasteiger partial charge in [0.15, 0.2) is 0 Å². The van der Waals surface area contributed by atoms with Gasteiger partial charge in [-0.3, -0.25) is 0 Å². The molecule has 0 aliphatic carbocycles. The van der Waals surface area contributed by atoms with E-state index in [1.165, 1.54) is 0 Å². The molecule has 0 aliphatic heterocycles. The second-order valence-electron chi connectivity index (χ2n) is 2.44. The Balaban J connectivity index is 3.46. The van der Waals surface area contributed by atoms with Crippen LogP contribution in [0.3, 0.4) is 0 Å². The van der Waals surface area contributed by atoms with E-state index >= 15 is 0 Å². The van der Waals surface area contributed by atoms with Crippen LogP contribution in [-0.2, 0) is 0 Å². The van der Waals surface area contributed by atoms with Gasteiger partial charge in [-0.1, -0.05) is 11.6 Å². The molecule has 0 saturated heterocycles. The Hall–Kier alpha value is -0.210. The minimum absolute atomic E-state index is 0.277. The van der Waals surface area contributed by atoms with E-state index in [1.807, 2.05) is 13.8 Å². The predicted octanol–water partition coefficient (Wildman–Crippen LogP) is 3.42. The van der Waals surface area contributed by atoms with E-state index in [0.29, 0.717) is 5.02 Å². The van der Waals surface area contributed by atoms with Gasteiger partial charge in [-0.2, -0.15) is 0 Å². The third kappa shape index (κ3) is 1.52. The summed E-state index contributed by atoms with van der Waals surface area (Å²) in [4.78, 5) is 0. The van der Waals surface area contributed by atoms with Crippen molar-refractivity contribution in [3.8, 4) is 5.75 Å². The van der Waals surface area contributed by atoms with Crippen LogP contribution in [0.15, 0.2) is 10.5 Å². The topological polar surface area (TPSA) is 20.2 Å². The van der Waals surface area contributed by atoms with Gasteiger partial charge in [0.05, 0.1) is 5.02 Å². The van der Waals surface area contributed by atoms with Crippen molar-refractivity contribution in [1.29, 1.82) is 0 Å². The molecule has 0 heterocycles. The molecule has 0 unspecified atom stereocenters. The van der Waals surface area contributed by atoms with Gasteiger partial charge >= 0.3 is 0 Å². The quantitative estimate of drug-likeness (QED) is 0.730. The Labute approximate surface area is 79.1 Å². The molecule has 0 radical (unpaired) electrons. The van der Waals surface area contributed by atoms with Crippen molar-refractivity contribution < 1.29 is 5.11 Å². The summed E-state index contributed by atoms with van der Waals surface area (Å²) < 4.78 is 0.736.